The molecule has 7 nitrogen and oxygen atoms in total. The van der Waals surface area contributed by atoms with Crippen LogP contribution < -0.4 is 14.5 Å². The van der Waals surface area contributed by atoms with Gasteiger partial charge in [0.25, 0.3) is 0 Å². The van der Waals surface area contributed by atoms with Crippen LogP contribution in [0.1, 0.15) is 6.92 Å². The van der Waals surface area contributed by atoms with Crippen molar-refractivity contribution in [2.45, 2.75) is 19.1 Å². The Morgan fingerprint density at radius 3 is 2.86 bits per heavy atom. The Bertz CT molecular complexity index is 698. The number of carbonyl (C=O) groups excluding carboxylic acids is 1. The van der Waals surface area contributed by atoms with Gasteiger partial charge in [0.2, 0.25) is 0 Å². The van der Waals surface area contributed by atoms with Crippen LogP contribution in [-0.4, -0.2) is 42.7 Å². The fourth-order valence-electron chi connectivity index (χ4n) is 2.80. The van der Waals surface area contributed by atoms with E-state index in [1.54, 1.807) is 19.3 Å². The summed E-state index contributed by atoms with van der Waals surface area (Å²) in [7, 11) is 0. The van der Waals surface area contributed by atoms with Crippen molar-refractivity contribution < 1.29 is 19.4 Å². The van der Waals surface area contributed by atoms with E-state index in [2.05, 4.69) is 4.99 Å². The maximum atomic E-state index is 12.1. The SMILES string of the molecule is CC(O)[C@H]1CN(c2cccc3c2OC=C2N=CCN23)C(=O)O1. The summed E-state index contributed by atoms with van der Waals surface area (Å²) in [6, 6.07) is 5.59. The number of cyclic esters (lactones) is 1. The van der Waals surface area contributed by atoms with Crippen LogP contribution in [0.4, 0.5) is 16.2 Å². The first-order valence-electron chi connectivity index (χ1n) is 7.11. The van der Waals surface area contributed by atoms with Crippen LogP contribution in [0.25, 0.3) is 0 Å². The predicted octanol–water partition coefficient (Wildman–Crippen LogP) is 1.47. The summed E-state index contributed by atoms with van der Waals surface area (Å²) in [4.78, 5) is 19.8. The van der Waals surface area contributed by atoms with Gasteiger partial charge in [-0.05, 0) is 19.1 Å². The lowest BCUT2D eigenvalue weighted by Crippen LogP contribution is -2.30. The van der Waals surface area contributed by atoms with Crippen LogP contribution >= 0.6 is 0 Å². The van der Waals surface area contributed by atoms with Crippen molar-refractivity contribution in [3.8, 4) is 5.75 Å². The number of ether oxygens (including phenoxy) is 2. The third-order valence-electron chi connectivity index (χ3n) is 3.97. The molecule has 1 aromatic rings. The maximum absolute atomic E-state index is 12.1. The van der Waals surface area contributed by atoms with Crippen molar-refractivity contribution >= 4 is 23.7 Å². The lowest BCUT2D eigenvalue weighted by Gasteiger charge is -2.28. The average Bonchev–Trinajstić information content (AvgIpc) is 3.12. The molecule has 0 saturated carbocycles. The molecule has 1 aromatic carbocycles. The molecule has 114 valence electrons. The molecule has 7 heteroatoms. The van der Waals surface area contributed by atoms with E-state index >= 15 is 0 Å². The first-order valence-corrected chi connectivity index (χ1v) is 7.11. The zero-order valence-electron chi connectivity index (χ0n) is 12.0. The molecule has 0 aromatic heterocycles. The van der Waals surface area contributed by atoms with E-state index < -0.39 is 18.3 Å². The predicted molar refractivity (Wildman–Crippen MR) is 80.3 cm³/mol. The van der Waals surface area contributed by atoms with Crippen LogP contribution in [0.5, 0.6) is 5.75 Å². The number of amides is 1. The van der Waals surface area contributed by atoms with Crippen LogP contribution in [0.3, 0.4) is 0 Å². The largest absolute Gasteiger partial charge is 0.457 e. The number of carbonyl (C=O) groups is 1. The van der Waals surface area contributed by atoms with Gasteiger partial charge in [0.1, 0.15) is 12.4 Å². The Labute approximate surface area is 127 Å². The molecule has 1 unspecified atom stereocenters. The van der Waals surface area contributed by atoms with Gasteiger partial charge in [0, 0.05) is 6.21 Å². The number of hydrogen-bond acceptors (Lipinski definition) is 6. The molecule has 1 amide bonds. The normalized spacial score (nSPS) is 23.6. The second-order valence-electron chi connectivity index (χ2n) is 5.41. The fourth-order valence-corrected chi connectivity index (χ4v) is 2.80. The number of aliphatic hydroxyl groups excluding tert-OH is 1. The van der Waals surface area contributed by atoms with E-state index in [0.29, 0.717) is 24.5 Å². The fraction of sp³-hybridized carbons (Fsp3) is 0.333. The summed E-state index contributed by atoms with van der Waals surface area (Å²) in [6.45, 7) is 2.57. The number of rotatable bonds is 2. The lowest BCUT2D eigenvalue weighted by molar-refractivity contribution is 0.0437. The first-order chi connectivity index (χ1) is 10.6. The van der Waals surface area contributed by atoms with Gasteiger partial charge in [-0.2, -0.15) is 0 Å². The molecular weight excluding hydrogens is 286 g/mol. The number of benzene rings is 1. The molecule has 0 radical (unpaired) electrons. The molecule has 4 rings (SSSR count). The smallest absolute Gasteiger partial charge is 0.414 e. The molecule has 3 aliphatic rings. The Morgan fingerprint density at radius 2 is 2.14 bits per heavy atom. The standard InChI is InChI=1S/C15H15N3O4/c1-9(19)12-7-18(15(20)22-12)11-4-2-3-10-14(11)21-8-13-16-5-6-17(10)13/h2-5,8-9,12,19H,6-7H2,1H3/t9?,12-/m1/s1. The number of aliphatic imine (C=N–C) groups is 1. The van der Waals surface area contributed by atoms with Crippen LogP contribution in [0.15, 0.2) is 35.3 Å². The van der Waals surface area contributed by atoms with E-state index in [1.807, 2.05) is 23.2 Å². The van der Waals surface area contributed by atoms with Crippen molar-refractivity contribution in [2.75, 3.05) is 22.9 Å². The number of hydrogen-bond donors (Lipinski definition) is 1. The molecule has 1 saturated heterocycles. The molecule has 0 aliphatic carbocycles. The monoisotopic (exact) mass is 301 g/mol. The van der Waals surface area contributed by atoms with Crippen molar-refractivity contribution in [3.05, 3.63) is 30.3 Å². The number of aliphatic hydroxyl groups is 1. The number of nitrogens with zero attached hydrogens (tertiary/aromatic N) is 3. The van der Waals surface area contributed by atoms with Gasteiger partial charge in [-0.25, -0.2) is 9.79 Å². The second-order valence-corrected chi connectivity index (χ2v) is 5.41. The second kappa shape index (κ2) is 4.74. The molecular formula is C15H15N3O4. The Morgan fingerprint density at radius 1 is 1.36 bits per heavy atom. The minimum Gasteiger partial charge on any atom is -0.457 e. The van der Waals surface area contributed by atoms with E-state index in [4.69, 9.17) is 9.47 Å². The van der Waals surface area contributed by atoms with Crippen LogP contribution in [0.2, 0.25) is 0 Å². The lowest BCUT2D eigenvalue weighted by atomic mass is 10.2. The average molecular weight is 301 g/mol. The van der Waals surface area contributed by atoms with Gasteiger partial charge in [0.15, 0.2) is 11.6 Å². The quantitative estimate of drug-likeness (QED) is 0.895. The summed E-state index contributed by atoms with van der Waals surface area (Å²) >= 11 is 0. The van der Waals surface area contributed by atoms with Gasteiger partial charge in [-0.1, -0.05) is 6.07 Å². The topological polar surface area (TPSA) is 74.6 Å². The summed E-state index contributed by atoms with van der Waals surface area (Å²) in [5.74, 6) is 1.34. The van der Waals surface area contributed by atoms with Crippen molar-refractivity contribution in [2.24, 2.45) is 4.99 Å². The Balaban J connectivity index is 1.71. The first kappa shape index (κ1) is 13.1. The third-order valence-corrected chi connectivity index (χ3v) is 3.97. The highest BCUT2D eigenvalue weighted by Gasteiger charge is 2.38. The van der Waals surface area contributed by atoms with E-state index in [1.165, 1.54) is 4.90 Å². The van der Waals surface area contributed by atoms with Gasteiger partial charge >= 0.3 is 6.09 Å². The summed E-state index contributed by atoms with van der Waals surface area (Å²) in [5, 5.41) is 9.63. The van der Waals surface area contributed by atoms with Crippen molar-refractivity contribution in [3.63, 3.8) is 0 Å². The van der Waals surface area contributed by atoms with E-state index in [0.717, 1.165) is 11.5 Å². The molecule has 3 aliphatic heterocycles. The van der Waals surface area contributed by atoms with Crippen LogP contribution in [-0.2, 0) is 4.74 Å². The highest BCUT2D eigenvalue weighted by atomic mass is 16.6. The van der Waals surface area contributed by atoms with Crippen LogP contribution in [0, 0.1) is 0 Å². The molecule has 2 atom stereocenters. The number of anilines is 2. The van der Waals surface area contributed by atoms with Crippen molar-refractivity contribution in [1.29, 1.82) is 0 Å². The maximum Gasteiger partial charge on any atom is 0.414 e. The summed E-state index contributed by atoms with van der Waals surface area (Å²) < 4.78 is 10.9. The molecule has 1 N–H and O–H groups in total. The van der Waals surface area contributed by atoms with E-state index in [-0.39, 0.29) is 0 Å². The molecule has 22 heavy (non-hydrogen) atoms. The van der Waals surface area contributed by atoms with E-state index in [9.17, 15) is 9.90 Å². The minimum atomic E-state index is -0.715. The summed E-state index contributed by atoms with van der Waals surface area (Å²) in [5.41, 5.74) is 1.49. The third kappa shape index (κ3) is 1.86. The van der Waals surface area contributed by atoms with Gasteiger partial charge in [-0.15, -0.1) is 0 Å². The van der Waals surface area contributed by atoms with Gasteiger partial charge in [0.05, 0.1) is 30.6 Å². The highest BCUT2D eigenvalue weighted by molar-refractivity contribution is 5.94. The molecule has 0 spiro atoms. The van der Waals surface area contributed by atoms with Gasteiger partial charge in [-0.3, -0.25) is 4.90 Å². The Kier molecular flexibility index (Phi) is 2.83. The molecule has 3 heterocycles. The number of fused-ring (bicyclic) bond motifs is 3. The molecule has 0 bridgehead atoms. The summed E-state index contributed by atoms with van der Waals surface area (Å²) in [6.07, 6.45) is 1.66. The van der Waals surface area contributed by atoms with Gasteiger partial charge < -0.3 is 19.5 Å². The number of para-hydroxylation sites is 1. The molecule has 1 fully saturated rings. The zero-order valence-corrected chi connectivity index (χ0v) is 12.0. The Hall–Kier alpha value is -2.54. The minimum absolute atomic E-state index is 0.295. The van der Waals surface area contributed by atoms with Crippen molar-refractivity contribution in [1.82, 2.24) is 0 Å². The zero-order chi connectivity index (χ0) is 15.3. The highest BCUT2D eigenvalue weighted by Crippen LogP contribution is 2.44.